The highest BCUT2D eigenvalue weighted by molar-refractivity contribution is 5.44. The van der Waals surface area contributed by atoms with Crippen molar-refractivity contribution in [1.82, 2.24) is 14.9 Å². The van der Waals surface area contributed by atoms with E-state index in [9.17, 15) is 4.39 Å². The second kappa shape index (κ2) is 4.68. The minimum absolute atomic E-state index is 0.339. The fourth-order valence-electron chi connectivity index (χ4n) is 2.44. The SMILES string of the molecule is CNc1ncc(F)c(N2CCN(C3CC3)CC2)n1. The fraction of sp³-hybridized carbons (Fsp3) is 0.667. The number of piperazine rings is 1. The van der Waals surface area contributed by atoms with Crippen molar-refractivity contribution in [3.63, 3.8) is 0 Å². The first-order valence-electron chi connectivity index (χ1n) is 6.47. The van der Waals surface area contributed by atoms with Crippen molar-refractivity contribution in [2.45, 2.75) is 18.9 Å². The summed E-state index contributed by atoms with van der Waals surface area (Å²) < 4.78 is 13.8. The van der Waals surface area contributed by atoms with E-state index in [1.54, 1.807) is 7.05 Å². The fourth-order valence-corrected chi connectivity index (χ4v) is 2.44. The standard InChI is InChI=1S/C12H18FN5/c1-14-12-15-8-10(13)11(16-12)18-6-4-17(5-7-18)9-2-3-9/h8-9H,2-7H2,1H3,(H,14,15,16). The van der Waals surface area contributed by atoms with Gasteiger partial charge in [-0.15, -0.1) is 0 Å². The molecule has 0 bridgehead atoms. The lowest BCUT2D eigenvalue weighted by molar-refractivity contribution is 0.247. The summed E-state index contributed by atoms with van der Waals surface area (Å²) >= 11 is 0. The van der Waals surface area contributed by atoms with E-state index in [1.165, 1.54) is 19.0 Å². The van der Waals surface area contributed by atoms with Gasteiger partial charge in [0.1, 0.15) is 0 Å². The Morgan fingerprint density at radius 3 is 2.61 bits per heavy atom. The molecule has 0 unspecified atom stereocenters. The minimum Gasteiger partial charge on any atom is -0.357 e. The molecule has 6 heteroatoms. The topological polar surface area (TPSA) is 44.3 Å². The quantitative estimate of drug-likeness (QED) is 0.866. The molecule has 1 aliphatic carbocycles. The third-order valence-corrected chi connectivity index (χ3v) is 3.63. The Kier molecular flexibility index (Phi) is 3.03. The zero-order chi connectivity index (χ0) is 12.5. The number of halogens is 1. The second-order valence-electron chi connectivity index (χ2n) is 4.87. The molecule has 0 radical (unpaired) electrons. The van der Waals surface area contributed by atoms with Gasteiger partial charge in [0.25, 0.3) is 0 Å². The van der Waals surface area contributed by atoms with Crippen molar-refractivity contribution in [2.24, 2.45) is 0 Å². The second-order valence-corrected chi connectivity index (χ2v) is 4.87. The van der Waals surface area contributed by atoms with Gasteiger partial charge in [-0.3, -0.25) is 4.90 Å². The number of nitrogens with one attached hydrogen (secondary N) is 1. The number of hydrogen-bond acceptors (Lipinski definition) is 5. The highest BCUT2D eigenvalue weighted by atomic mass is 19.1. The van der Waals surface area contributed by atoms with Crippen molar-refractivity contribution >= 4 is 11.8 Å². The van der Waals surface area contributed by atoms with Crippen LogP contribution in [0.25, 0.3) is 0 Å². The van der Waals surface area contributed by atoms with E-state index in [0.717, 1.165) is 32.2 Å². The van der Waals surface area contributed by atoms with Gasteiger partial charge in [-0.05, 0) is 12.8 Å². The first kappa shape index (κ1) is 11.6. The highest BCUT2D eigenvalue weighted by Crippen LogP contribution is 2.28. The molecule has 2 aliphatic rings. The van der Waals surface area contributed by atoms with E-state index in [-0.39, 0.29) is 5.82 Å². The molecule has 2 heterocycles. The largest absolute Gasteiger partial charge is 0.357 e. The lowest BCUT2D eigenvalue weighted by Crippen LogP contribution is -2.47. The molecule has 1 N–H and O–H groups in total. The zero-order valence-corrected chi connectivity index (χ0v) is 10.6. The Bertz CT molecular complexity index is 426. The normalized spacial score (nSPS) is 21.1. The molecule has 1 aliphatic heterocycles. The molecule has 2 fully saturated rings. The maximum absolute atomic E-state index is 13.8. The monoisotopic (exact) mass is 251 g/mol. The number of hydrogen-bond donors (Lipinski definition) is 1. The average Bonchev–Trinajstić information content (AvgIpc) is 3.24. The first-order valence-corrected chi connectivity index (χ1v) is 6.47. The van der Waals surface area contributed by atoms with Crippen LogP contribution in [0.5, 0.6) is 0 Å². The molecule has 5 nitrogen and oxygen atoms in total. The Hall–Kier alpha value is -1.43. The molecular formula is C12H18FN5. The summed E-state index contributed by atoms with van der Waals surface area (Å²) in [5.74, 6) is 0.551. The maximum Gasteiger partial charge on any atom is 0.224 e. The van der Waals surface area contributed by atoms with Crippen LogP contribution >= 0.6 is 0 Å². The van der Waals surface area contributed by atoms with Gasteiger partial charge >= 0.3 is 0 Å². The van der Waals surface area contributed by atoms with Crippen molar-refractivity contribution in [2.75, 3.05) is 43.4 Å². The maximum atomic E-state index is 13.8. The van der Waals surface area contributed by atoms with Crippen LogP contribution in [0.2, 0.25) is 0 Å². The molecule has 18 heavy (non-hydrogen) atoms. The molecule has 3 rings (SSSR count). The van der Waals surface area contributed by atoms with Gasteiger partial charge in [0.05, 0.1) is 6.20 Å². The van der Waals surface area contributed by atoms with Crippen LogP contribution < -0.4 is 10.2 Å². The van der Waals surface area contributed by atoms with Crippen molar-refractivity contribution in [3.05, 3.63) is 12.0 Å². The number of nitrogens with zero attached hydrogens (tertiary/aromatic N) is 4. The first-order chi connectivity index (χ1) is 8.78. The van der Waals surface area contributed by atoms with E-state index in [2.05, 4.69) is 20.2 Å². The zero-order valence-electron chi connectivity index (χ0n) is 10.6. The summed E-state index contributed by atoms with van der Waals surface area (Å²) in [4.78, 5) is 12.6. The summed E-state index contributed by atoms with van der Waals surface area (Å²) in [6, 6.07) is 0.787. The van der Waals surface area contributed by atoms with Gasteiger partial charge < -0.3 is 10.2 Å². The summed E-state index contributed by atoms with van der Waals surface area (Å²) in [6.45, 7) is 3.69. The molecule has 0 amide bonds. The van der Waals surface area contributed by atoms with Crippen LogP contribution in [0, 0.1) is 5.82 Å². The van der Waals surface area contributed by atoms with E-state index in [0.29, 0.717) is 11.8 Å². The van der Waals surface area contributed by atoms with Crippen molar-refractivity contribution < 1.29 is 4.39 Å². The van der Waals surface area contributed by atoms with Crippen LogP contribution in [0.1, 0.15) is 12.8 Å². The lowest BCUT2D eigenvalue weighted by Gasteiger charge is -2.35. The minimum atomic E-state index is -0.339. The smallest absolute Gasteiger partial charge is 0.224 e. The summed E-state index contributed by atoms with van der Waals surface area (Å²) in [5.41, 5.74) is 0. The highest BCUT2D eigenvalue weighted by Gasteiger charge is 2.32. The molecule has 1 saturated carbocycles. The molecular weight excluding hydrogens is 233 g/mol. The Balaban J connectivity index is 1.71. The Morgan fingerprint density at radius 2 is 2.00 bits per heavy atom. The molecule has 0 spiro atoms. The van der Waals surface area contributed by atoms with E-state index in [1.807, 2.05) is 4.90 Å². The Labute approximate surface area is 106 Å². The van der Waals surface area contributed by atoms with Gasteiger partial charge in [-0.1, -0.05) is 0 Å². The molecule has 1 aromatic rings. The molecule has 0 aromatic carbocycles. The Morgan fingerprint density at radius 1 is 1.28 bits per heavy atom. The predicted molar refractivity (Wildman–Crippen MR) is 68.3 cm³/mol. The van der Waals surface area contributed by atoms with Crippen LogP contribution in [-0.2, 0) is 0 Å². The molecule has 1 saturated heterocycles. The summed E-state index contributed by atoms with van der Waals surface area (Å²) in [5, 5.41) is 2.84. The van der Waals surface area contributed by atoms with E-state index < -0.39 is 0 Å². The number of anilines is 2. The van der Waals surface area contributed by atoms with Crippen molar-refractivity contribution in [3.8, 4) is 0 Å². The van der Waals surface area contributed by atoms with Crippen LogP contribution in [0.3, 0.4) is 0 Å². The number of aromatic nitrogens is 2. The van der Waals surface area contributed by atoms with Crippen LogP contribution in [0.15, 0.2) is 6.20 Å². The molecule has 0 atom stereocenters. The average molecular weight is 251 g/mol. The number of rotatable bonds is 3. The van der Waals surface area contributed by atoms with Crippen LogP contribution in [-0.4, -0.2) is 54.1 Å². The third-order valence-electron chi connectivity index (χ3n) is 3.63. The summed E-state index contributed by atoms with van der Waals surface area (Å²) in [7, 11) is 1.74. The van der Waals surface area contributed by atoms with Gasteiger partial charge in [0, 0.05) is 39.3 Å². The third kappa shape index (κ3) is 2.25. The van der Waals surface area contributed by atoms with Crippen LogP contribution in [0.4, 0.5) is 16.2 Å². The van der Waals surface area contributed by atoms with Gasteiger partial charge in [0.15, 0.2) is 11.6 Å². The summed E-state index contributed by atoms with van der Waals surface area (Å²) in [6.07, 6.45) is 3.89. The van der Waals surface area contributed by atoms with Gasteiger partial charge in [-0.2, -0.15) is 4.98 Å². The van der Waals surface area contributed by atoms with E-state index in [4.69, 9.17) is 0 Å². The molecule has 1 aromatic heterocycles. The predicted octanol–water partition coefficient (Wildman–Crippen LogP) is 0.942. The molecule has 98 valence electrons. The van der Waals surface area contributed by atoms with E-state index >= 15 is 0 Å². The van der Waals surface area contributed by atoms with Gasteiger partial charge in [-0.25, -0.2) is 9.37 Å². The van der Waals surface area contributed by atoms with Crippen molar-refractivity contribution in [1.29, 1.82) is 0 Å². The van der Waals surface area contributed by atoms with Gasteiger partial charge in [0.2, 0.25) is 5.95 Å². The lowest BCUT2D eigenvalue weighted by atomic mass is 10.3.